The van der Waals surface area contributed by atoms with Gasteiger partial charge in [-0.2, -0.15) is 5.06 Å². The third kappa shape index (κ3) is 3.13. The zero-order valence-corrected chi connectivity index (χ0v) is 9.69. The fourth-order valence-corrected chi connectivity index (χ4v) is 1.52. The molecule has 0 spiro atoms. The SMILES string of the molecule is [N-]=[N+]=NCCCNC(=O)N1OC1c1ccccc1. The number of rotatable bonds is 5. The predicted molar refractivity (Wildman–Crippen MR) is 64.1 cm³/mol. The first-order chi connectivity index (χ1) is 8.83. The molecule has 0 radical (unpaired) electrons. The van der Waals surface area contributed by atoms with Gasteiger partial charge in [-0.3, -0.25) is 0 Å². The number of azide groups is 1. The normalized spacial score (nSPS) is 16.9. The lowest BCUT2D eigenvalue weighted by molar-refractivity contribution is 0.177. The van der Waals surface area contributed by atoms with Crippen molar-refractivity contribution in [2.45, 2.75) is 12.6 Å². The molecule has 1 atom stereocenters. The van der Waals surface area contributed by atoms with Crippen LogP contribution in [0.5, 0.6) is 0 Å². The van der Waals surface area contributed by atoms with Gasteiger partial charge in [0.25, 0.3) is 0 Å². The Morgan fingerprint density at radius 2 is 2.28 bits per heavy atom. The van der Waals surface area contributed by atoms with Gasteiger partial charge in [0.05, 0.1) is 0 Å². The lowest BCUT2D eigenvalue weighted by Gasteiger charge is -2.02. The number of hydrogen-bond donors (Lipinski definition) is 1. The molecule has 0 aliphatic carbocycles. The fourth-order valence-electron chi connectivity index (χ4n) is 1.52. The molecule has 1 heterocycles. The minimum absolute atomic E-state index is 0.273. The van der Waals surface area contributed by atoms with Crippen LogP contribution in [0.3, 0.4) is 0 Å². The van der Waals surface area contributed by atoms with E-state index < -0.39 is 0 Å². The van der Waals surface area contributed by atoms with E-state index >= 15 is 0 Å². The lowest BCUT2D eigenvalue weighted by atomic mass is 10.2. The Hall–Kier alpha value is -2.24. The highest BCUT2D eigenvalue weighted by molar-refractivity contribution is 5.74. The Balaban J connectivity index is 1.71. The van der Waals surface area contributed by atoms with Crippen LogP contribution in [0.1, 0.15) is 18.2 Å². The summed E-state index contributed by atoms with van der Waals surface area (Å²) in [6.45, 7) is 0.832. The van der Waals surface area contributed by atoms with Crippen molar-refractivity contribution < 1.29 is 9.63 Å². The molecule has 2 amide bonds. The van der Waals surface area contributed by atoms with Crippen LogP contribution in [-0.2, 0) is 4.84 Å². The molecule has 1 fully saturated rings. The zero-order chi connectivity index (χ0) is 12.8. The van der Waals surface area contributed by atoms with Crippen molar-refractivity contribution in [2.75, 3.05) is 13.1 Å². The highest BCUT2D eigenvalue weighted by atomic mass is 16.8. The molecule has 7 heteroatoms. The standard InChI is InChI=1S/C11H13N5O2/c12-15-14-8-4-7-13-11(17)16-10(18-16)9-5-2-1-3-6-9/h1-3,5-6,10H,4,7-8H2,(H,13,17). The van der Waals surface area contributed by atoms with E-state index in [1.54, 1.807) is 0 Å². The summed E-state index contributed by atoms with van der Waals surface area (Å²) in [6.07, 6.45) is 0.322. The fraction of sp³-hybridized carbons (Fsp3) is 0.364. The molecule has 0 bridgehead atoms. The summed E-state index contributed by atoms with van der Waals surface area (Å²) in [5, 5.41) is 7.34. The zero-order valence-electron chi connectivity index (χ0n) is 9.69. The van der Waals surface area contributed by atoms with Crippen molar-refractivity contribution in [3.8, 4) is 0 Å². The predicted octanol–water partition coefficient (Wildman–Crippen LogP) is 2.34. The Morgan fingerprint density at radius 1 is 1.50 bits per heavy atom. The van der Waals surface area contributed by atoms with E-state index in [0.717, 1.165) is 5.56 Å². The smallest absolute Gasteiger partial charge is 0.336 e. The quantitative estimate of drug-likeness (QED) is 0.284. The number of amides is 2. The van der Waals surface area contributed by atoms with Gasteiger partial charge in [-0.25, -0.2) is 9.63 Å². The van der Waals surface area contributed by atoms with Gasteiger partial charge in [0.1, 0.15) is 0 Å². The van der Waals surface area contributed by atoms with E-state index in [0.29, 0.717) is 19.5 Å². The summed E-state index contributed by atoms with van der Waals surface area (Å²) >= 11 is 0. The van der Waals surface area contributed by atoms with Crippen LogP contribution in [0, 0.1) is 0 Å². The number of nitrogens with one attached hydrogen (secondary N) is 1. The van der Waals surface area contributed by atoms with E-state index in [1.807, 2.05) is 30.3 Å². The van der Waals surface area contributed by atoms with Crippen molar-refractivity contribution in [1.82, 2.24) is 10.4 Å². The second-order valence-electron chi connectivity index (χ2n) is 3.73. The van der Waals surface area contributed by atoms with Crippen LogP contribution >= 0.6 is 0 Å². The maximum absolute atomic E-state index is 11.6. The number of urea groups is 1. The van der Waals surface area contributed by atoms with E-state index in [1.165, 1.54) is 5.06 Å². The average molecular weight is 247 g/mol. The first-order valence-electron chi connectivity index (χ1n) is 5.62. The molecule has 1 aromatic rings. The molecule has 1 N–H and O–H groups in total. The third-order valence-corrected chi connectivity index (χ3v) is 2.44. The summed E-state index contributed by atoms with van der Waals surface area (Å²) < 4.78 is 0. The molecule has 1 saturated heterocycles. The highest BCUT2D eigenvalue weighted by Gasteiger charge is 2.42. The summed E-state index contributed by atoms with van der Waals surface area (Å²) in [5.41, 5.74) is 9.02. The van der Waals surface area contributed by atoms with Crippen LogP contribution in [-0.4, -0.2) is 24.2 Å². The first-order valence-corrected chi connectivity index (χ1v) is 5.62. The average Bonchev–Trinajstić information content (AvgIpc) is 3.20. The molecule has 7 nitrogen and oxygen atoms in total. The maximum Gasteiger partial charge on any atom is 0.344 e. The van der Waals surface area contributed by atoms with E-state index in [-0.39, 0.29) is 12.3 Å². The minimum atomic E-state index is -0.289. The van der Waals surface area contributed by atoms with Gasteiger partial charge in [-0.1, -0.05) is 35.4 Å². The molecular weight excluding hydrogens is 234 g/mol. The van der Waals surface area contributed by atoms with Gasteiger partial charge < -0.3 is 5.32 Å². The number of benzene rings is 1. The van der Waals surface area contributed by atoms with Gasteiger partial charge in [-0.05, 0) is 12.0 Å². The maximum atomic E-state index is 11.6. The molecule has 94 valence electrons. The molecule has 1 unspecified atom stereocenters. The summed E-state index contributed by atoms with van der Waals surface area (Å²) in [7, 11) is 0. The third-order valence-electron chi connectivity index (χ3n) is 2.44. The Morgan fingerprint density at radius 3 is 3.00 bits per heavy atom. The van der Waals surface area contributed by atoms with Crippen LogP contribution in [0.2, 0.25) is 0 Å². The molecule has 0 aromatic heterocycles. The second-order valence-corrected chi connectivity index (χ2v) is 3.73. The Labute approximate surface area is 104 Å². The van der Waals surface area contributed by atoms with E-state index in [9.17, 15) is 4.79 Å². The van der Waals surface area contributed by atoms with E-state index in [4.69, 9.17) is 10.4 Å². The topological polar surface area (TPSA) is 93.4 Å². The van der Waals surface area contributed by atoms with Crippen molar-refractivity contribution in [1.29, 1.82) is 0 Å². The van der Waals surface area contributed by atoms with Gasteiger partial charge in [0.15, 0.2) is 0 Å². The van der Waals surface area contributed by atoms with Crippen molar-refractivity contribution >= 4 is 6.03 Å². The molecule has 0 saturated carbocycles. The van der Waals surface area contributed by atoms with Gasteiger partial charge in [-0.15, -0.1) is 0 Å². The summed E-state index contributed by atoms with van der Waals surface area (Å²) in [5.74, 6) is 0. The molecule has 2 rings (SSSR count). The monoisotopic (exact) mass is 247 g/mol. The summed E-state index contributed by atoms with van der Waals surface area (Å²) in [4.78, 5) is 19.4. The van der Waals surface area contributed by atoms with E-state index in [2.05, 4.69) is 15.3 Å². The lowest BCUT2D eigenvalue weighted by Crippen LogP contribution is -2.29. The number of carbonyl (C=O) groups excluding carboxylic acids is 1. The molecular formula is C11H13N5O2. The van der Waals surface area contributed by atoms with Crippen molar-refractivity contribution in [3.05, 3.63) is 46.3 Å². The van der Waals surface area contributed by atoms with Crippen LogP contribution in [0.15, 0.2) is 35.4 Å². The van der Waals surface area contributed by atoms with Crippen molar-refractivity contribution in [2.24, 2.45) is 5.11 Å². The largest absolute Gasteiger partial charge is 0.344 e. The Bertz CT molecular complexity index is 458. The highest BCUT2D eigenvalue weighted by Crippen LogP contribution is 2.36. The Kier molecular flexibility index (Phi) is 4.01. The van der Waals surface area contributed by atoms with Gasteiger partial charge in [0, 0.05) is 23.6 Å². The van der Waals surface area contributed by atoms with Crippen LogP contribution < -0.4 is 5.32 Å². The number of hydrogen-bond acceptors (Lipinski definition) is 3. The second kappa shape index (κ2) is 5.90. The number of carbonyl (C=O) groups is 1. The molecule has 1 aliphatic heterocycles. The summed E-state index contributed by atoms with van der Waals surface area (Å²) in [6, 6.07) is 9.23. The van der Waals surface area contributed by atoms with Crippen molar-refractivity contribution in [3.63, 3.8) is 0 Å². The number of nitrogens with zero attached hydrogens (tertiary/aromatic N) is 4. The van der Waals surface area contributed by atoms with Crippen LogP contribution in [0.25, 0.3) is 10.4 Å². The minimum Gasteiger partial charge on any atom is -0.336 e. The number of hydroxylamine groups is 2. The molecule has 18 heavy (non-hydrogen) atoms. The van der Waals surface area contributed by atoms with Gasteiger partial charge >= 0.3 is 6.03 Å². The first kappa shape index (κ1) is 12.2. The molecule has 1 aliphatic rings. The molecule has 1 aromatic carbocycles. The van der Waals surface area contributed by atoms with Gasteiger partial charge in [0.2, 0.25) is 6.23 Å². The van der Waals surface area contributed by atoms with Crippen LogP contribution in [0.4, 0.5) is 4.79 Å².